The summed E-state index contributed by atoms with van der Waals surface area (Å²) in [6.07, 6.45) is 4.48. The summed E-state index contributed by atoms with van der Waals surface area (Å²) in [5, 5.41) is 0. The van der Waals surface area contributed by atoms with Crippen molar-refractivity contribution in [2.45, 2.75) is 25.7 Å². The van der Waals surface area contributed by atoms with Gasteiger partial charge in [-0.3, -0.25) is 4.79 Å². The number of hydrogen-bond donors (Lipinski definition) is 0. The molecule has 1 aliphatic rings. The Morgan fingerprint density at radius 3 is 2.62 bits per heavy atom. The molecule has 0 aliphatic heterocycles. The van der Waals surface area contributed by atoms with Crippen LogP contribution in [0.15, 0.2) is 29.8 Å². The Morgan fingerprint density at radius 1 is 1.12 bits per heavy atom. The van der Waals surface area contributed by atoms with E-state index in [0.717, 1.165) is 24.5 Å². The summed E-state index contributed by atoms with van der Waals surface area (Å²) in [6.45, 7) is 0. The zero-order valence-electron chi connectivity index (χ0n) is 8.80. The fourth-order valence-electron chi connectivity index (χ4n) is 1.91. The summed E-state index contributed by atoms with van der Waals surface area (Å²) in [6, 6.07) is 3.86. The molecule has 16 heavy (non-hydrogen) atoms. The van der Waals surface area contributed by atoms with Gasteiger partial charge in [-0.25, -0.2) is 8.78 Å². The predicted molar refractivity (Wildman–Crippen MR) is 57.0 cm³/mol. The number of hydrogen-bond acceptors (Lipinski definition) is 1. The van der Waals surface area contributed by atoms with Crippen molar-refractivity contribution in [3.63, 3.8) is 0 Å². The lowest BCUT2D eigenvalue weighted by Gasteiger charge is -2.11. The zero-order valence-corrected chi connectivity index (χ0v) is 8.80. The van der Waals surface area contributed by atoms with Crippen molar-refractivity contribution in [1.29, 1.82) is 0 Å². The number of ketones is 1. The first-order valence-corrected chi connectivity index (χ1v) is 5.31. The third kappa shape index (κ3) is 2.54. The summed E-state index contributed by atoms with van der Waals surface area (Å²) in [7, 11) is 0. The number of carbonyl (C=O) groups excluding carboxylic acids is 1. The average Bonchev–Trinajstić information content (AvgIpc) is 2.24. The molecule has 0 aromatic heterocycles. The molecule has 0 fully saturated rings. The van der Waals surface area contributed by atoms with E-state index in [9.17, 15) is 13.6 Å². The van der Waals surface area contributed by atoms with Gasteiger partial charge in [0.2, 0.25) is 0 Å². The van der Waals surface area contributed by atoms with Gasteiger partial charge < -0.3 is 0 Å². The summed E-state index contributed by atoms with van der Waals surface area (Å²) in [5.74, 6) is -1.54. The lowest BCUT2D eigenvalue weighted by molar-refractivity contribution is -0.115. The highest BCUT2D eigenvalue weighted by Gasteiger charge is 2.11. The predicted octanol–water partition coefficient (Wildman–Crippen LogP) is 3.19. The minimum absolute atomic E-state index is 0.129. The van der Waals surface area contributed by atoms with Crippen LogP contribution in [0.2, 0.25) is 0 Å². The molecular weight excluding hydrogens is 210 g/mol. The van der Waals surface area contributed by atoms with Gasteiger partial charge in [-0.1, -0.05) is 11.6 Å². The van der Waals surface area contributed by atoms with Crippen LogP contribution in [0.1, 0.15) is 24.8 Å². The van der Waals surface area contributed by atoms with Gasteiger partial charge in [-0.05, 0) is 43.0 Å². The van der Waals surface area contributed by atoms with E-state index >= 15 is 0 Å². The molecule has 0 N–H and O–H groups in total. The average molecular weight is 222 g/mol. The second-order valence-electron chi connectivity index (χ2n) is 4.05. The van der Waals surface area contributed by atoms with Crippen LogP contribution in [-0.2, 0) is 11.2 Å². The summed E-state index contributed by atoms with van der Waals surface area (Å²) in [5.41, 5.74) is 1.71. The molecule has 1 aliphatic carbocycles. The first-order valence-electron chi connectivity index (χ1n) is 5.31. The van der Waals surface area contributed by atoms with Crippen LogP contribution < -0.4 is 0 Å². The molecule has 2 rings (SSSR count). The molecule has 0 spiro atoms. The molecule has 1 aromatic carbocycles. The maximum Gasteiger partial charge on any atom is 0.159 e. The summed E-state index contributed by atoms with van der Waals surface area (Å²) < 4.78 is 25.6. The quantitative estimate of drug-likeness (QED) is 0.751. The topological polar surface area (TPSA) is 17.1 Å². The Labute approximate surface area is 92.8 Å². The van der Waals surface area contributed by atoms with Crippen LogP contribution in [0.3, 0.4) is 0 Å². The maximum atomic E-state index is 12.9. The van der Waals surface area contributed by atoms with Crippen LogP contribution >= 0.6 is 0 Å². The second-order valence-corrected chi connectivity index (χ2v) is 4.05. The fourth-order valence-corrected chi connectivity index (χ4v) is 1.91. The largest absolute Gasteiger partial charge is 0.295 e. The molecule has 0 unspecified atom stereocenters. The first kappa shape index (κ1) is 11.0. The van der Waals surface area contributed by atoms with Gasteiger partial charge >= 0.3 is 0 Å². The first-order chi connectivity index (χ1) is 7.65. The van der Waals surface area contributed by atoms with Gasteiger partial charge in [0.05, 0.1) is 0 Å². The molecule has 0 bridgehead atoms. The molecule has 0 amide bonds. The minimum atomic E-state index is -0.836. The highest BCUT2D eigenvalue weighted by molar-refractivity contribution is 5.91. The van der Waals surface area contributed by atoms with Gasteiger partial charge in [0.15, 0.2) is 17.4 Å². The molecule has 1 nitrogen and oxygen atoms in total. The third-order valence-corrected chi connectivity index (χ3v) is 2.70. The molecule has 3 heteroatoms. The lowest BCUT2D eigenvalue weighted by Crippen LogP contribution is -2.04. The van der Waals surface area contributed by atoms with E-state index in [2.05, 4.69) is 0 Å². The van der Waals surface area contributed by atoms with Crippen LogP contribution in [0, 0.1) is 11.6 Å². The summed E-state index contributed by atoms with van der Waals surface area (Å²) in [4.78, 5) is 11.2. The normalized spacial score (nSPS) is 16.1. The molecule has 0 atom stereocenters. The van der Waals surface area contributed by atoms with Crippen molar-refractivity contribution in [2.24, 2.45) is 0 Å². The molecule has 0 saturated heterocycles. The van der Waals surface area contributed by atoms with E-state index in [1.54, 1.807) is 12.1 Å². The molecule has 0 saturated carbocycles. The van der Waals surface area contributed by atoms with E-state index in [-0.39, 0.29) is 5.78 Å². The van der Waals surface area contributed by atoms with Crippen LogP contribution in [0.4, 0.5) is 8.78 Å². The Bertz CT molecular complexity index is 449. The van der Waals surface area contributed by atoms with E-state index in [0.29, 0.717) is 18.4 Å². The highest BCUT2D eigenvalue weighted by atomic mass is 19.2. The van der Waals surface area contributed by atoms with Crippen molar-refractivity contribution in [3.05, 3.63) is 47.0 Å². The Kier molecular flexibility index (Phi) is 3.13. The minimum Gasteiger partial charge on any atom is -0.295 e. The van der Waals surface area contributed by atoms with E-state index < -0.39 is 11.6 Å². The Balaban J connectivity index is 2.14. The molecular formula is C13H12F2O. The zero-order chi connectivity index (χ0) is 11.5. The van der Waals surface area contributed by atoms with Crippen molar-refractivity contribution >= 4 is 5.78 Å². The highest BCUT2D eigenvalue weighted by Crippen LogP contribution is 2.20. The number of carbonyl (C=O) groups is 1. The van der Waals surface area contributed by atoms with E-state index in [1.165, 1.54) is 6.07 Å². The van der Waals surface area contributed by atoms with Crippen LogP contribution in [0.5, 0.6) is 0 Å². The lowest BCUT2D eigenvalue weighted by atomic mass is 9.93. The Hall–Kier alpha value is -1.51. The summed E-state index contributed by atoms with van der Waals surface area (Å²) >= 11 is 0. The SMILES string of the molecule is O=C1C=C(Cc2ccc(F)c(F)c2)CCC1. The van der Waals surface area contributed by atoms with Crippen LogP contribution in [-0.4, -0.2) is 5.78 Å². The third-order valence-electron chi connectivity index (χ3n) is 2.70. The van der Waals surface area contributed by atoms with Crippen molar-refractivity contribution in [2.75, 3.05) is 0 Å². The number of benzene rings is 1. The van der Waals surface area contributed by atoms with Crippen molar-refractivity contribution < 1.29 is 13.6 Å². The smallest absolute Gasteiger partial charge is 0.159 e. The van der Waals surface area contributed by atoms with Gasteiger partial charge in [0.25, 0.3) is 0 Å². The number of halogens is 2. The van der Waals surface area contributed by atoms with Gasteiger partial charge in [-0.2, -0.15) is 0 Å². The Morgan fingerprint density at radius 2 is 1.94 bits per heavy atom. The number of allylic oxidation sites excluding steroid dienone is 2. The number of rotatable bonds is 2. The van der Waals surface area contributed by atoms with Crippen molar-refractivity contribution in [1.82, 2.24) is 0 Å². The second kappa shape index (κ2) is 4.56. The van der Waals surface area contributed by atoms with Gasteiger partial charge in [-0.15, -0.1) is 0 Å². The molecule has 0 radical (unpaired) electrons. The van der Waals surface area contributed by atoms with Gasteiger partial charge in [0.1, 0.15) is 0 Å². The van der Waals surface area contributed by atoms with Crippen LogP contribution in [0.25, 0.3) is 0 Å². The van der Waals surface area contributed by atoms with Gasteiger partial charge in [0, 0.05) is 6.42 Å². The molecule has 1 aromatic rings. The van der Waals surface area contributed by atoms with E-state index in [4.69, 9.17) is 0 Å². The monoisotopic (exact) mass is 222 g/mol. The van der Waals surface area contributed by atoms with Crippen molar-refractivity contribution in [3.8, 4) is 0 Å². The molecule has 84 valence electrons. The standard InChI is InChI=1S/C13H12F2O/c14-12-5-4-10(8-13(12)15)6-9-2-1-3-11(16)7-9/h4-5,7-8H,1-3,6H2. The maximum absolute atomic E-state index is 12.9. The van der Waals surface area contributed by atoms with E-state index in [1.807, 2.05) is 0 Å². The fraction of sp³-hybridized carbons (Fsp3) is 0.308. The molecule has 0 heterocycles.